The summed E-state index contributed by atoms with van der Waals surface area (Å²) in [5.74, 6) is -1.42. The molecule has 1 heterocycles. The van der Waals surface area contributed by atoms with Gasteiger partial charge in [0.1, 0.15) is 0 Å². The summed E-state index contributed by atoms with van der Waals surface area (Å²) < 4.78 is 20.5. The highest BCUT2D eigenvalue weighted by Crippen LogP contribution is 2.29. The second kappa shape index (κ2) is 9.02. The summed E-state index contributed by atoms with van der Waals surface area (Å²) >= 11 is 0. The fraction of sp³-hybridized carbons (Fsp3) is 0.846. The number of carbonyl (C=O) groups excluding carboxylic acids is 1. The van der Waals surface area contributed by atoms with Gasteiger partial charge in [-0.25, -0.2) is 0 Å². The molecule has 1 rings (SSSR count). The summed E-state index contributed by atoms with van der Waals surface area (Å²) in [6, 6.07) is 0. The number of rotatable bonds is 10. The molecule has 0 spiro atoms. The van der Waals surface area contributed by atoms with Crippen LogP contribution in [0.2, 0.25) is 0 Å². The molecule has 1 atom stereocenters. The highest BCUT2D eigenvalue weighted by Gasteiger charge is 2.47. The van der Waals surface area contributed by atoms with Crippen molar-refractivity contribution < 1.29 is 33.6 Å². The van der Waals surface area contributed by atoms with E-state index in [-0.39, 0.29) is 31.8 Å². The van der Waals surface area contributed by atoms with E-state index in [2.05, 4.69) is 0 Å². The number of carbonyl (C=O) groups is 2. The molecule has 0 aromatic heterocycles. The van der Waals surface area contributed by atoms with E-state index in [1.807, 2.05) is 0 Å². The summed E-state index contributed by atoms with van der Waals surface area (Å²) in [6.45, 7) is 2.19. The van der Waals surface area contributed by atoms with E-state index in [4.69, 9.17) is 18.9 Å². The third kappa shape index (κ3) is 4.82. The molecule has 7 nitrogen and oxygen atoms in total. The van der Waals surface area contributed by atoms with E-state index < -0.39 is 11.4 Å². The molecule has 1 saturated heterocycles. The van der Waals surface area contributed by atoms with Crippen molar-refractivity contribution in [2.45, 2.75) is 12.8 Å². The van der Waals surface area contributed by atoms with Crippen molar-refractivity contribution >= 4 is 11.8 Å². The third-order valence-electron chi connectivity index (χ3n) is 3.24. The highest BCUT2D eigenvalue weighted by molar-refractivity contribution is 6.03. The molecule has 0 radical (unpaired) electrons. The van der Waals surface area contributed by atoms with Gasteiger partial charge in [0, 0.05) is 20.1 Å². The molecule has 1 aliphatic rings. The van der Waals surface area contributed by atoms with Crippen LogP contribution in [0.25, 0.3) is 0 Å². The van der Waals surface area contributed by atoms with Gasteiger partial charge in [0.05, 0.1) is 39.6 Å². The van der Waals surface area contributed by atoms with Gasteiger partial charge in [0.25, 0.3) is 0 Å². The minimum atomic E-state index is -1.45. The number of carboxylic acids is 1. The SMILES string of the molecule is COCCOCCOCCC1(C(=O)O)COCCC1=O. The first-order chi connectivity index (χ1) is 9.63. The number of ether oxygens (including phenoxy) is 4. The van der Waals surface area contributed by atoms with Gasteiger partial charge in [-0.1, -0.05) is 0 Å². The predicted molar refractivity (Wildman–Crippen MR) is 68.6 cm³/mol. The van der Waals surface area contributed by atoms with Gasteiger partial charge in [0.15, 0.2) is 11.2 Å². The minimum Gasteiger partial charge on any atom is -0.480 e. The lowest BCUT2D eigenvalue weighted by Crippen LogP contribution is -2.47. The Kier molecular flexibility index (Phi) is 7.68. The van der Waals surface area contributed by atoms with E-state index in [0.29, 0.717) is 33.0 Å². The van der Waals surface area contributed by atoms with E-state index >= 15 is 0 Å². The van der Waals surface area contributed by atoms with Gasteiger partial charge in [0.2, 0.25) is 0 Å². The lowest BCUT2D eigenvalue weighted by molar-refractivity contribution is -0.166. The van der Waals surface area contributed by atoms with Crippen LogP contribution in [0.1, 0.15) is 12.8 Å². The summed E-state index contributed by atoms with van der Waals surface area (Å²) in [5, 5.41) is 9.26. The Morgan fingerprint density at radius 3 is 2.50 bits per heavy atom. The van der Waals surface area contributed by atoms with Gasteiger partial charge in [-0.15, -0.1) is 0 Å². The Morgan fingerprint density at radius 2 is 1.90 bits per heavy atom. The standard InChI is InChI=1S/C13H22O7/c1-17-6-7-19-9-8-18-5-3-13(12(15)16)10-20-4-2-11(13)14/h2-10H2,1H3,(H,15,16). The molecular weight excluding hydrogens is 268 g/mol. The maximum Gasteiger partial charge on any atom is 0.319 e. The lowest BCUT2D eigenvalue weighted by atomic mass is 9.78. The van der Waals surface area contributed by atoms with Gasteiger partial charge in [-0.3, -0.25) is 9.59 Å². The molecule has 0 bridgehead atoms. The van der Waals surface area contributed by atoms with Crippen molar-refractivity contribution in [3.8, 4) is 0 Å². The van der Waals surface area contributed by atoms with Crippen molar-refractivity contribution in [2.24, 2.45) is 5.41 Å². The largest absolute Gasteiger partial charge is 0.480 e. The molecule has 1 N–H and O–H groups in total. The molecule has 0 aromatic rings. The first kappa shape index (κ1) is 17.0. The van der Waals surface area contributed by atoms with Crippen LogP contribution in [0.4, 0.5) is 0 Å². The first-order valence-corrected chi connectivity index (χ1v) is 6.62. The smallest absolute Gasteiger partial charge is 0.319 e. The lowest BCUT2D eigenvalue weighted by Gasteiger charge is -2.31. The Labute approximate surface area is 118 Å². The van der Waals surface area contributed by atoms with Gasteiger partial charge >= 0.3 is 5.97 Å². The van der Waals surface area contributed by atoms with Crippen molar-refractivity contribution in [3.63, 3.8) is 0 Å². The molecule has 116 valence electrons. The second-order valence-electron chi connectivity index (χ2n) is 4.58. The normalized spacial score (nSPS) is 22.9. The van der Waals surface area contributed by atoms with Crippen LogP contribution in [0, 0.1) is 5.41 Å². The zero-order valence-electron chi connectivity index (χ0n) is 11.8. The fourth-order valence-electron chi connectivity index (χ4n) is 1.94. The van der Waals surface area contributed by atoms with Crippen molar-refractivity contribution in [2.75, 3.05) is 53.4 Å². The fourth-order valence-corrected chi connectivity index (χ4v) is 1.94. The number of hydrogen-bond donors (Lipinski definition) is 1. The van der Waals surface area contributed by atoms with Crippen LogP contribution in [0.5, 0.6) is 0 Å². The number of hydrogen-bond acceptors (Lipinski definition) is 6. The zero-order chi connectivity index (χ0) is 14.8. The molecule has 20 heavy (non-hydrogen) atoms. The Hall–Kier alpha value is -1.02. The molecule has 7 heteroatoms. The monoisotopic (exact) mass is 290 g/mol. The van der Waals surface area contributed by atoms with Crippen LogP contribution >= 0.6 is 0 Å². The maximum absolute atomic E-state index is 11.8. The quantitative estimate of drug-likeness (QED) is 0.451. The topological polar surface area (TPSA) is 91.3 Å². The Balaban J connectivity index is 2.23. The molecule has 0 amide bonds. The number of Topliss-reactive ketones (excluding diaryl/α,β-unsaturated/α-hetero) is 1. The second-order valence-corrected chi connectivity index (χ2v) is 4.58. The minimum absolute atomic E-state index is 0.0745. The van der Waals surface area contributed by atoms with Crippen molar-refractivity contribution in [1.82, 2.24) is 0 Å². The molecule has 0 aliphatic carbocycles. The van der Waals surface area contributed by atoms with E-state index in [0.717, 1.165) is 0 Å². The van der Waals surface area contributed by atoms with Crippen LogP contribution in [-0.4, -0.2) is 70.2 Å². The highest BCUT2D eigenvalue weighted by atomic mass is 16.5. The number of aliphatic carboxylic acids is 1. The third-order valence-corrected chi connectivity index (χ3v) is 3.24. The average molecular weight is 290 g/mol. The van der Waals surface area contributed by atoms with Gasteiger partial charge in [-0.05, 0) is 6.42 Å². The van der Waals surface area contributed by atoms with Crippen molar-refractivity contribution in [3.05, 3.63) is 0 Å². The maximum atomic E-state index is 11.8. The van der Waals surface area contributed by atoms with E-state index in [1.54, 1.807) is 7.11 Å². The van der Waals surface area contributed by atoms with Gasteiger partial charge in [-0.2, -0.15) is 0 Å². The molecular formula is C13H22O7. The van der Waals surface area contributed by atoms with Crippen LogP contribution < -0.4 is 0 Å². The first-order valence-electron chi connectivity index (χ1n) is 6.62. The predicted octanol–water partition coefficient (Wildman–Crippen LogP) is 0.117. The summed E-state index contributed by atoms with van der Waals surface area (Å²) in [7, 11) is 1.59. The van der Waals surface area contributed by atoms with E-state index in [9.17, 15) is 14.7 Å². The summed E-state index contributed by atoms with van der Waals surface area (Å²) in [6.07, 6.45) is 0.270. The number of ketones is 1. The summed E-state index contributed by atoms with van der Waals surface area (Å²) in [4.78, 5) is 23.2. The van der Waals surface area contributed by atoms with Crippen LogP contribution in [0.15, 0.2) is 0 Å². The van der Waals surface area contributed by atoms with Gasteiger partial charge < -0.3 is 24.1 Å². The molecule has 0 aromatic carbocycles. The number of methoxy groups -OCH3 is 1. The molecule has 1 fully saturated rings. The average Bonchev–Trinajstić information content (AvgIpc) is 2.43. The molecule has 1 aliphatic heterocycles. The molecule has 0 saturated carbocycles. The number of carboxylic acid groups (broad SMARTS) is 1. The Morgan fingerprint density at radius 1 is 1.25 bits per heavy atom. The van der Waals surface area contributed by atoms with Crippen LogP contribution in [0.3, 0.4) is 0 Å². The summed E-state index contributed by atoms with van der Waals surface area (Å²) in [5.41, 5.74) is -1.45. The van der Waals surface area contributed by atoms with Crippen molar-refractivity contribution in [1.29, 1.82) is 0 Å². The zero-order valence-corrected chi connectivity index (χ0v) is 11.8. The molecule has 1 unspecified atom stereocenters. The Bertz CT molecular complexity index is 318. The van der Waals surface area contributed by atoms with Crippen LogP contribution in [-0.2, 0) is 28.5 Å². The van der Waals surface area contributed by atoms with E-state index in [1.165, 1.54) is 0 Å².